The molecule has 0 bridgehead atoms. The molecule has 20 heavy (non-hydrogen) atoms. The monoisotopic (exact) mass is 306 g/mol. The molecule has 1 aromatic heterocycles. The van der Waals surface area contributed by atoms with Crippen LogP contribution in [0.3, 0.4) is 0 Å². The van der Waals surface area contributed by atoms with Crippen molar-refractivity contribution < 1.29 is 4.39 Å². The summed E-state index contributed by atoms with van der Waals surface area (Å²) in [6.07, 6.45) is 0.512. The Labute approximate surface area is 125 Å². The lowest BCUT2D eigenvalue weighted by molar-refractivity contribution is 0.580. The number of nitrogens with two attached hydrogens (primary N) is 1. The molecule has 0 aliphatic carbocycles. The molecule has 2 nitrogen and oxygen atoms in total. The van der Waals surface area contributed by atoms with Gasteiger partial charge in [-0.1, -0.05) is 29.8 Å². The predicted molar refractivity (Wildman–Crippen MR) is 81.7 cm³/mol. The second kappa shape index (κ2) is 5.48. The summed E-state index contributed by atoms with van der Waals surface area (Å²) >= 11 is 7.33. The molecule has 0 aliphatic rings. The maximum atomic E-state index is 13.8. The zero-order valence-electron chi connectivity index (χ0n) is 10.5. The van der Waals surface area contributed by atoms with Crippen LogP contribution in [0.25, 0.3) is 10.2 Å². The van der Waals surface area contributed by atoms with Crippen molar-refractivity contribution in [3.8, 4) is 0 Å². The van der Waals surface area contributed by atoms with Gasteiger partial charge in [-0.15, -0.1) is 11.3 Å². The number of halogens is 2. The summed E-state index contributed by atoms with van der Waals surface area (Å²) in [6.45, 7) is 0. The Kier molecular flexibility index (Phi) is 3.70. The van der Waals surface area contributed by atoms with Gasteiger partial charge in [0.2, 0.25) is 0 Å². The van der Waals surface area contributed by atoms with Crippen molar-refractivity contribution in [2.75, 3.05) is 0 Å². The Morgan fingerprint density at radius 3 is 2.80 bits per heavy atom. The molecule has 3 aromatic rings. The number of aromatic nitrogens is 1. The smallest absolute Gasteiger partial charge is 0.129 e. The van der Waals surface area contributed by atoms with E-state index in [0.717, 1.165) is 15.2 Å². The molecule has 0 saturated carbocycles. The minimum absolute atomic E-state index is 0.369. The first-order valence-corrected chi connectivity index (χ1v) is 7.38. The van der Waals surface area contributed by atoms with E-state index in [1.54, 1.807) is 23.5 Å². The van der Waals surface area contributed by atoms with Crippen LogP contribution in [0.1, 0.15) is 16.6 Å². The van der Waals surface area contributed by atoms with Gasteiger partial charge in [0.1, 0.15) is 5.82 Å². The van der Waals surface area contributed by atoms with Crippen LogP contribution < -0.4 is 5.73 Å². The summed E-state index contributed by atoms with van der Waals surface area (Å²) in [5.41, 5.74) is 7.50. The Bertz CT molecular complexity index is 723. The van der Waals surface area contributed by atoms with Gasteiger partial charge < -0.3 is 5.73 Å². The largest absolute Gasteiger partial charge is 0.324 e. The Morgan fingerprint density at radius 1 is 1.25 bits per heavy atom. The summed E-state index contributed by atoms with van der Waals surface area (Å²) in [6, 6.07) is 12.1. The van der Waals surface area contributed by atoms with E-state index in [1.165, 1.54) is 6.07 Å². The van der Waals surface area contributed by atoms with Gasteiger partial charge in [0.05, 0.1) is 15.2 Å². The van der Waals surface area contributed by atoms with Gasteiger partial charge in [0, 0.05) is 23.0 Å². The van der Waals surface area contributed by atoms with Crippen LogP contribution >= 0.6 is 22.9 Å². The standard InChI is InChI=1S/C15H12ClFN2S/c16-9-5-6-10(11(17)7-9)12(18)8-15-19-13-3-1-2-4-14(13)20-15/h1-7,12H,8,18H2. The van der Waals surface area contributed by atoms with Gasteiger partial charge in [-0.25, -0.2) is 9.37 Å². The fourth-order valence-corrected chi connectivity index (χ4v) is 3.29. The second-order valence-electron chi connectivity index (χ2n) is 4.55. The van der Waals surface area contributed by atoms with Crippen molar-refractivity contribution in [2.45, 2.75) is 12.5 Å². The number of fused-ring (bicyclic) bond motifs is 1. The highest BCUT2D eigenvalue weighted by Gasteiger charge is 2.14. The Balaban J connectivity index is 1.86. The van der Waals surface area contributed by atoms with Crippen LogP contribution in [0.4, 0.5) is 4.39 Å². The van der Waals surface area contributed by atoms with Gasteiger partial charge in [0.25, 0.3) is 0 Å². The van der Waals surface area contributed by atoms with E-state index in [2.05, 4.69) is 4.98 Å². The SMILES string of the molecule is NC(Cc1nc2ccccc2s1)c1ccc(Cl)cc1F. The topological polar surface area (TPSA) is 38.9 Å². The molecule has 0 saturated heterocycles. The van der Waals surface area contributed by atoms with Crippen LogP contribution in [0.2, 0.25) is 5.02 Å². The van der Waals surface area contributed by atoms with E-state index in [-0.39, 0.29) is 5.82 Å². The van der Waals surface area contributed by atoms with Crippen molar-refractivity contribution in [1.82, 2.24) is 4.98 Å². The van der Waals surface area contributed by atoms with Crippen LogP contribution in [0.5, 0.6) is 0 Å². The third-order valence-electron chi connectivity index (χ3n) is 3.09. The van der Waals surface area contributed by atoms with Gasteiger partial charge in [-0.2, -0.15) is 0 Å². The highest BCUT2D eigenvalue weighted by molar-refractivity contribution is 7.18. The number of rotatable bonds is 3. The molecule has 0 radical (unpaired) electrons. The predicted octanol–water partition coefficient (Wildman–Crippen LogP) is 4.33. The van der Waals surface area contributed by atoms with E-state index < -0.39 is 6.04 Å². The van der Waals surface area contributed by atoms with E-state index in [1.807, 2.05) is 24.3 Å². The summed E-state index contributed by atoms with van der Waals surface area (Å²) < 4.78 is 14.9. The Hall–Kier alpha value is -1.49. The zero-order valence-corrected chi connectivity index (χ0v) is 12.1. The molecule has 0 aliphatic heterocycles. The first-order chi connectivity index (χ1) is 9.63. The molecule has 2 aromatic carbocycles. The molecule has 102 valence electrons. The van der Waals surface area contributed by atoms with Crippen molar-refractivity contribution in [3.05, 3.63) is 63.9 Å². The average molecular weight is 307 g/mol. The summed E-state index contributed by atoms with van der Waals surface area (Å²) in [4.78, 5) is 4.52. The molecule has 0 spiro atoms. The van der Waals surface area contributed by atoms with E-state index in [0.29, 0.717) is 17.0 Å². The fourth-order valence-electron chi connectivity index (χ4n) is 2.11. The van der Waals surface area contributed by atoms with E-state index in [4.69, 9.17) is 17.3 Å². The molecule has 2 N–H and O–H groups in total. The summed E-state index contributed by atoms with van der Waals surface area (Å²) in [5.74, 6) is -0.369. The lowest BCUT2D eigenvalue weighted by Gasteiger charge is -2.11. The van der Waals surface area contributed by atoms with Gasteiger partial charge in [-0.3, -0.25) is 0 Å². The minimum Gasteiger partial charge on any atom is -0.324 e. The Morgan fingerprint density at radius 2 is 2.05 bits per heavy atom. The molecule has 0 amide bonds. The van der Waals surface area contributed by atoms with Crippen molar-refractivity contribution in [3.63, 3.8) is 0 Å². The molecule has 1 atom stereocenters. The molecular formula is C15H12ClFN2S. The molecule has 5 heteroatoms. The van der Waals surface area contributed by atoms with Crippen molar-refractivity contribution in [2.24, 2.45) is 5.73 Å². The second-order valence-corrected chi connectivity index (χ2v) is 6.10. The summed E-state index contributed by atoms with van der Waals surface area (Å²) in [5, 5.41) is 1.28. The maximum absolute atomic E-state index is 13.8. The number of thiazole rings is 1. The number of benzene rings is 2. The molecular weight excluding hydrogens is 295 g/mol. The normalized spacial score (nSPS) is 12.8. The minimum atomic E-state index is -0.423. The third-order valence-corrected chi connectivity index (χ3v) is 4.39. The first-order valence-electron chi connectivity index (χ1n) is 6.18. The maximum Gasteiger partial charge on any atom is 0.129 e. The van der Waals surface area contributed by atoms with Crippen LogP contribution in [-0.2, 0) is 6.42 Å². The van der Waals surface area contributed by atoms with E-state index >= 15 is 0 Å². The lowest BCUT2D eigenvalue weighted by Crippen LogP contribution is -2.14. The van der Waals surface area contributed by atoms with Crippen LogP contribution in [0.15, 0.2) is 42.5 Å². The van der Waals surface area contributed by atoms with Crippen molar-refractivity contribution in [1.29, 1.82) is 0 Å². The molecule has 0 fully saturated rings. The number of hydrogen-bond acceptors (Lipinski definition) is 3. The zero-order chi connectivity index (χ0) is 14.1. The quantitative estimate of drug-likeness (QED) is 0.782. The third kappa shape index (κ3) is 2.68. The van der Waals surface area contributed by atoms with Gasteiger partial charge >= 0.3 is 0 Å². The van der Waals surface area contributed by atoms with Crippen LogP contribution in [0, 0.1) is 5.82 Å². The molecule has 1 heterocycles. The lowest BCUT2D eigenvalue weighted by atomic mass is 10.0. The fraction of sp³-hybridized carbons (Fsp3) is 0.133. The molecule has 3 rings (SSSR count). The molecule has 1 unspecified atom stereocenters. The number of nitrogens with zero attached hydrogens (tertiary/aromatic N) is 1. The highest BCUT2D eigenvalue weighted by atomic mass is 35.5. The van der Waals surface area contributed by atoms with Crippen LogP contribution in [-0.4, -0.2) is 4.98 Å². The number of para-hydroxylation sites is 1. The van der Waals surface area contributed by atoms with Gasteiger partial charge in [0.15, 0.2) is 0 Å². The van der Waals surface area contributed by atoms with Gasteiger partial charge in [-0.05, 0) is 24.3 Å². The first kappa shape index (κ1) is 13.5. The average Bonchev–Trinajstić information content (AvgIpc) is 2.80. The van der Waals surface area contributed by atoms with E-state index in [9.17, 15) is 4.39 Å². The number of hydrogen-bond donors (Lipinski definition) is 1. The summed E-state index contributed by atoms with van der Waals surface area (Å²) in [7, 11) is 0. The van der Waals surface area contributed by atoms with Crippen molar-refractivity contribution >= 4 is 33.2 Å². The highest BCUT2D eigenvalue weighted by Crippen LogP contribution is 2.27.